The number of imide groups is 1. The summed E-state index contributed by atoms with van der Waals surface area (Å²) in [5, 5.41) is 12.9. The van der Waals surface area contributed by atoms with E-state index in [1.54, 1.807) is 0 Å². The number of amides is 2. The average molecular weight is 353 g/mol. The Morgan fingerprint density at radius 2 is 1.92 bits per heavy atom. The fraction of sp³-hybridized carbons (Fsp3) is 0.158. The van der Waals surface area contributed by atoms with Crippen LogP contribution in [0.1, 0.15) is 23.0 Å². The van der Waals surface area contributed by atoms with Gasteiger partial charge in [-0.05, 0) is 35.7 Å². The van der Waals surface area contributed by atoms with Crippen molar-refractivity contribution in [3.05, 3.63) is 71.5 Å². The molecule has 1 saturated heterocycles. The van der Waals surface area contributed by atoms with Gasteiger partial charge in [-0.25, -0.2) is 0 Å². The number of aliphatic hydroxyl groups excluding tert-OH is 1. The number of rotatable bonds is 4. The molecule has 3 aromatic rings. The highest BCUT2D eigenvalue weighted by Crippen LogP contribution is 2.30. The van der Waals surface area contributed by atoms with Gasteiger partial charge < -0.3 is 9.52 Å². The van der Waals surface area contributed by atoms with Crippen molar-refractivity contribution in [2.24, 2.45) is 0 Å². The molecule has 6 heteroatoms. The standard InChI is InChI=1S/C19H15NO4S/c21-17(12-4-2-1-3-5-12)15-10-13-8-11(6-7-14(13)24-15)9-16-18(22)20-19(23)25-16/h1-8,10,16-17,21H,9H2,(H,20,22,23). The Bertz CT molecular complexity index is 950. The summed E-state index contributed by atoms with van der Waals surface area (Å²) in [6.07, 6.45) is -0.356. The number of furan rings is 1. The van der Waals surface area contributed by atoms with Gasteiger partial charge in [0, 0.05) is 5.39 Å². The first-order valence-electron chi connectivity index (χ1n) is 7.87. The molecular formula is C19H15NO4S. The predicted octanol–water partition coefficient (Wildman–Crippen LogP) is 3.41. The SMILES string of the molecule is O=C1NC(=O)C(Cc2ccc3oc(C(O)c4ccccc4)cc3c2)S1. The van der Waals surface area contributed by atoms with Crippen LogP contribution in [-0.2, 0) is 11.2 Å². The smallest absolute Gasteiger partial charge is 0.286 e. The molecule has 126 valence electrons. The summed E-state index contributed by atoms with van der Waals surface area (Å²) < 4.78 is 5.76. The first kappa shape index (κ1) is 15.9. The number of hydrogen-bond donors (Lipinski definition) is 2. The number of aliphatic hydroxyl groups is 1. The Kier molecular flexibility index (Phi) is 4.07. The van der Waals surface area contributed by atoms with E-state index in [1.165, 1.54) is 0 Å². The third kappa shape index (κ3) is 3.18. The van der Waals surface area contributed by atoms with Crippen molar-refractivity contribution in [2.75, 3.05) is 0 Å². The fourth-order valence-electron chi connectivity index (χ4n) is 2.92. The van der Waals surface area contributed by atoms with Crippen molar-refractivity contribution in [3.8, 4) is 0 Å². The molecule has 0 aliphatic carbocycles. The van der Waals surface area contributed by atoms with E-state index in [0.717, 1.165) is 28.3 Å². The molecule has 1 aliphatic heterocycles. The average Bonchev–Trinajstić information content (AvgIpc) is 3.17. The first-order valence-corrected chi connectivity index (χ1v) is 8.75. The zero-order valence-corrected chi connectivity index (χ0v) is 14.0. The summed E-state index contributed by atoms with van der Waals surface area (Å²) in [4.78, 5) is 23.0. The fourth-order valence-corrected chi connectivity index (χ4v) is 3.78. The Labute approximate surface area is 148 Å². The Morgan fingerprint density at radius 3 is 2.64 bits per heavy atom. The molecule has 25 heavy (non-hydrogen) atoms. The van der Waals surface area contributed by atoms with Crippen LogP contribution in [0.5, 0.6) is 0 Å². The van der Waals surface area contributed by atoms with Crippen molar-refractivity contribution in [2.45, 2.75) is 17.8 Å². The minimum atomic E-state index is -0.828. The van der Waals surface area contributed by atoms with Crippen LogP contribution in [0.4, 0.5) is 4.79 Å². The molecule has 2 N–H and O–H groups in total. The van der Waals surface area contributed by atoms with E-state index >= 15 is 0 Å². The number of carbonyl (C=O) groups is 2. The van der Waals surface area contributed by atoms with Crippen molar-refractivity contribution < 1.29 is 19.1 Å². The quantitative estimate of drug-likeness (QED) is 0.751. The molecular weight excluding hydrogens is 338 g/mol. The van der Waals surface area contributed by atoms with Gasteiger partial charge in [0.15, 0.2) is 0 Å². The third-order valence-corrected chi connectivity index (χ3v) is 5.15. The van der Waals surface area contributed by atoms with Crippen LogP contribution in [-0.4, -0.2) is 21.5 Å². The van der Waals surface area contributed by atoms with E-state index < -0.39 is 11.4 Å². The van der Waals surface area contributed by atoms with Crippen LogP contribution in [0.2, 0.25) is 0 Å². The molecule has 0 bridgehead atoms. The Morgan fingerprint density at radius 1 is 1.12 bits per heavy atom. The largest absolute Gasteiger partial charge is 0.458 e. The molecule has 2 amide bonds. The second-order valence-corrected chi connectivity index (χ2v) is 7.10. The highest BCUT2D eigenvalue weighted by Gasteiger charge is 2.31. The summed E-state index contributed by atoms with van der Waals surface area (Å²) in [5.41, 5.74) is 2.38. The summed E-state index contributed by atoms with van der Waals surface area (Å²) in [6, 6.07) is 16.7. The number of carbonyl (C=O) groups excluding carboxylic acids is 2. The van der Waals surface area contributed by atoms with Crippen molar-refractivity contribution in [1.29, 1.82) is 0 Å². The van der Waals surface area contributed by atoms with E-state index in [4.69, 9.17) is 4.42 Å². The zero-order chi connectivity index (χ0) is 17.4. The lowest BCUT2D eigenvalue weighted by atomic mass is 10.1. The minimum Gasteiger partial charge on any atom is -0.458 e. The Hall–Kier alpha value is -2.57. The molecule has 0 radical (unpaired) electrons. The lowest BCUT2D eigenvalue weighted by Crippen LogP contribution is -2.25. The summed E-state index contributed by atoms with van der Waals surface area (Å²) in [6.45, 7) is 0. The number of benzene rings is 2. The van der Waals surface area contributed by atoms with E-state index in [0.29, 0.717) is 17.8 Å². The monoisotopic (exact) mass is 353 g/mol. The highest BCUT2D eigenvalue weighted by atomic mass is 32.2. The normalized spacial score (nSPS) is 18.5. The molecule has 1 aliphatic rings. The first-order chi connectivity index (χ1) is 12.1. The molecule has 1 aromatic heterocycles. The minimum absolute atomic E-state index is 0.248. The topological polar surface area (TPSA) is 79.5 Å². The molecule has 1 fully saturated rings. The number of nitrogens with one attached hydrogen (secondary N) is 1. The maximum absolute atomic E-state index is 11.7. The summed E-state index contributed by atoms with van der Waals surface area (Å²) >= 11 is 1.02. The molecule has 4 rings (SSSR count). The lowest BCUT2D eigenvalue weighted by molar-refractivity contribution is -0.118. The van der Waals surface area contributed by atoms with Crippen molar-refractivity contribution in [1.82, 2.24) is 5.32 Å². The third-order valence-electron chi connectivity index (χ3n) is 4.17. The van der Waals surface area contributed by atoms with Crippen molar-refractivity contribution in [3.63, 3.8) is 0 Å². The van der Waals surface area contributed by atoms with Gasteiger partial charge in [-0.1, -0.05) is 48.2 Å². The summed E-state index contributed by atoms with van der Waals surface area (Å²) in [7, 11) is 0. The van der Waals surface area contributed by atoms with Gasteiger partial charge in [0.1, 0.15) is 17.4 Å². The highest BCUT2D eigenvalue weighted by molar-refractivity contribution is 8.15. The maximum atomic E-state index is 11.7. The molecule has 0 saturated carbocycles. The number of hydrogen-bond acceptors (Lipinski definition) is 5. The lowest BCUT2D eigenvalue weighted by Gasteiger charge is -2.06. The second kappa shape index (κ2) is 6.38. The van der Waals surface area contributed by atoms with Gasteiger partial charge in [-0.3, -0.25) is 14.9 Å². The Balaban J connectivity index is 1.59. The summed E-state index contributed by atoms with van der Waals surface area (Å²) in [5.74, 6) is 0.226. The molecule has 2 heterocycles. The van der Waals surface area contributed by atoms with E-state index in [1.807, 2.05) is 54.6 Å². The van der Waals surface area contributed by atoms with E-state index in [2.05, 4.69) is 5.32 Å². The molecule has 0 spiro atoms. The molecule has 2 aromatic carbocycles. The van der Waals surface area contributed by atoms with Crippen LogP contribution in [0, 0.1) is 0 Å². The van der Waals surface area contributed by atoms with Crippen LogP contribution >= 0.6 is 11.8 Å². The molecule has 2 unspecified atom stereocenters. The number of thioether (sulfide) groups is 1. The molecule has 5 nitrogen and oxygen atoms in total. The number of fused-ring (bicyclic) bond motifs is 1. The maximum Gasteiger partial charge on any atom is 0.286 e. The predicted molar refractivity (Wildman–Crippen MR) is 95.3 cm³/mol. The van der Waals surface area contributed by atoms with Gasteiger partial charge in [-0.15, -0.1) is 0 Å². The van der Waals surface area contributed by atoms with Crippen LogP contribution in [0.15, 0.2) is 59.0 Å². The van der Waals surface area contributed by atoms with Crippen molar-refractivity contribution >= 4 is 33.9 Å². The van der Waals surface area contributed by atoms with Crippen LogP contribution in [0.3, 0.4) is 0 Å². The van der Waals surface area contributed by atoms with Gasteiger partial charge in [0.05, 0.1) is 5.25 Å². The van der Waals surface area contributed by atoms with Gasteiger partial charge >= 0.3 is 0 Å². The second-order valence-electron chi connectivity index (χ2n) is 5.92. The van der Waals surface area contributed by atoms with Crippen LogP contribution < -0.4 is 5.32 Å². The molecule has 2 atom stereocenters. The van der Waals surface area contributed by atoms with E-state index in [9.17, 15) is 14.7 Å². The van der Waals surface area contributed by atoms with Crippen LogP contribution in [0.25, 0.3) is 11.0 Å². The van der Waals surface area contributed by atoms with Gasteiger partial charge in [-0.2, -0.15) is 0 Å². The van der Waals surface area contributed by atoms with Gasteiger partial charge in [0.2, 0.25) is 5.91 Å². The van der Waals surface area contributed by atoms with E-state index in [-0.39, 0.29) is 11.1 Å². The zero-order valence-electron chi connectivity index (χ0n) is 13.1. The van der Waals surface area contributed by atoms with Gasteiger partial charge in [0.25, 0.3) is 5.24 Å².